The summed E-state index contributed by atoms with van der Waals surface area (Å²) in [4.78, 5) is 10.8. The van der Waals surface area contributed by atoms with Gasteiger partial charge >= 0.3 is 5.97 Å². The first kappa shape index (κ1) is 18.2. The minimum absolute atomic E-state index is 0.00127. The minimum atomic E-state index is -3.77. The standard InChI is InChI=1S/C13H16Cl2O5S/c1-13(2,20-3)4-5-21(18,19)10-7-8(14)6-9(11(10)15)12(16)17/h6-7H,4-5H2,1-3H3,(H,16,17). The molecule has 1 aromatic carbocycles. The highest BCUT2D eigenvalue weighted by Gasteiger charge is 2.27. The van der Waals surface area contributed by atoms with Crippen molar-refractivity contribution in [1.29, 1.82) is 0 Å². The summed E-state index contributed by atoms with van der Waals surface area (Å²) in [5.41, 5.74) is -0.956. The van der Waals surface area contributed by atoms with E-state index < -0.39 is 21.4 Å². The van der Waals surface area contributed by atoms with Crippen LogP contribution in [-0.4, -0.2) is 38.0 Å². The molecule has 0 aliphatic carbocycles. The van der Waals surface area contributed by atoms with E-state index in [4.69, 9.17) is 33.0 Å². The largest absolute Gasteiger partial charge is 0.478 e. The molecule has 0 saturated carbocycles. The van der Waals surface area contributed by atoms with Crippen LogP contribution >= 0.6 is 23.2 Å². The Morgan fingerprint density at radius 2 is 1.90 bits per heavy atom. The first-order valence-corrected chi connectivity index (χ1v) is 8.41. The monoisotopic (exact) mass is 354 g/mol. The summed E-state index contributed by atoms with van der Waals surface area (Å²) >= 11 is 11.7. The fraction of sp³-hybridized carbons (Fsp3) is 0.462. The second kappa shape index (κ2) is 6.52. The van der Waals surface area contributed by atoms with E-state index in [0.29, 0.717) is 0 Å². The van der Waals surface area contributed by atoms with Gasteiger partial charge in [0.2, 0.25) is 0 Å². The summed E-state index contributed by atoms with van der Waals surface area (Å²) in [6.45, 7) is 3.51. The number of methoxy groups -OCH3 is 1. The highest BCUT2D eigenvalue weighted by Crippen LogP contribution is 2.31. The molecule has 0 spiro atoms. The van der Waals surface area contributed by atoms with Crippen LogP contribution in [-0.2, 0) is 14.6 Å². The van der Waals surface area contributed by atoms with Crippen LogP contribution in [0.5, 0.6) is 0 Å². The molecule has 5 nitrogen and oxygen atoms in total. The number of carbonyl (C=O) groups is 1. The third kappa shape index (κ3) is 4.57. The fourth-order valence-electron chi connectivity index (χ4n) is 1.54. The van der Waals surface area contributed by atoms with Gasteiger partial charge in [-0.2, -0.15) is 0 Å². The first-order valence-electron chi connectivity index (χ1n) is 6.00. The van der Waals surface area contributed by atoms with Crippen LogP contribution in [0.2, 0.25) is 10.0 Å². The van der Waals surface area contributed by atoms with Gasteiger partial charge in [0, 0.05) is 12.1 Å². The van der Waals surface area contributed by atoms with Crippen molar-refractivity contribution in [2.75, 3.05) is 12.9 Å². The van der Waals surface area contributed by atoms with E-state index in [2.05, 4.69) is 0 Å². The lowest BCUT2D eigenvalue weighted by Crippen LogP contribution is -2.26. The number of rotatable bonds is 6. The predicted octanol–water partition coefficient (Wildman–Crippen LogP) is 3.28. The zero-order valence-corrected chi connectivity index (χ0v) is 14.1. The summed E-state index contributed by atoms with van der Waals surface area (Å²) < 4.78 is 29.9. The van der Waals surface area contributed by atoms with Crippen molar-refractivity contribution in [2.24, 2.45) is 0 Å². The van der Waals surface area contributed by atoms with E-state index >= 15 is 0 Å². The Labute approximate surface area is 133 Å². The van der Waals surface area contributed by atoms with Crippen LogP contribution in [0.15, 0.2) is 17.0 Å². The average Bonchev–Trinajstić information content (AvgIpc) is 2.38. The average molecular weight is 355 g/mol. The minimum Gasteiger partial charge on any atom is -0.478 e. The van der Waals surface area contributed by atoms with Gasteiger partial charge in [-0.25, -0.2) is 13.2 Å². The number of hydrogen-bond acceptors (Lipinski definition) is 4. The number of aromatic carboxylic acids is 1. The van der Waals surface area contributed by atoms with Crippen molar-refractivity contribution < 1.29 is 23.1 Å². The summed E-state index contributed by atoms with van der Waals surface area (Å²) in [7, 11) is -2.28. The van der Waals surface area contributed by atoms with Crippen molar-refractivity contribution in [3.05, 3.63) is 27.7 Å². The topological polar surface area (TPSA) is 80.7 Å². The normalized spacial score (nSPS) is 12.4. The zero-order chi connectivity index (χ0) is 16.4. The lowest BCUT2D eigenvalue weighted by molar-refractivity contribution is 0.0203. The molecule has 0 atom stereocenters. The van der Waals surface area contributed by atoms with Gasteiger partial charge in [-0.05, 0) is 32.4 Å². The number of carboxylic acids is 1. The molecule has 21 heavy (non-hydrogen) atoms. The quantitative estimate of drug-likeness (QED) is 0.847. The molecule has 0 amide bonds. The van der Waals surface area contributed by atoms with Gasteiger partial charge in [-0.15, -0.1) is 0 Å². The van der Waals surface area contributed by atoms with Gasteiger partial charge in [0.05, 0.1) is 26.8 Å². The molecular weight excluding hydrogens is 339 g/mol. The van der Waals surface area contributed by atoms with Gasteiger partial charge in [-0.3, -0.25) is 0 Å². The number of sulfone groups is 1. The Bertz CT molecular complexity index is 653. The summed E-state index contributed by atoms with van der Waals surface area (Å²) in [5.74, 6) is -1.57. The maximum Gasteiger partial charge on any atom is 0.337 e. The number of ether oxygens (including phenoxy) is 1. The molecule has 0 aliphatic heterocycles. The molecule has 0 fully saturated rings. The summed E-state index contributed by atoms with van der Waals surface area (Å²) in [6, 6.07) is 2.27. The Morgan fingerprint density at radius 1 is 1.33 bits per heavy atom. The highest BCUT2D eigenvalue weighted by atomic mass is 35.5. The van der Waals surface area contributed by atoms with Crippen molar-refractivity contribution in [1.82, 2.24) is 0 Å². The van der Waals surface area contributed by atoms with Crippen LogP contribution < -0.4 is 0 Å². The Balaban J connectivity index is 3.23. The third-order valence-electron chi connectivity index (χ3n) is 3.09. The fourth-order valence-corrected chi connectivity index (χ4v) is 4.03. The molecule has 0 saturated heterocycles. The highest BCUT2D eigenvalue weighted by molar-refractivity contribution is 7.91. The lowest BCUT2D eigenvalue weighted by Gasteiger charge is -2.22. The molecule has 0 radical (unpaired) electrons. The summed E-state index contributed by atoms with van der Waals surface area (Å²) in [6.07, 6.45) is 0.233. The Kier molecular flexibility index (Phi) is 5.66. The van der Waals surface area contributed by atoms with Gasteiger partial charge in [-0.1, -0.05) is 23.2 Å². The van der Waals surface area contributed by atoms with E-state index in [1.54, 1.807) is 13.8 Å². The second-order valence-electron chi connectivity index (χ2n) is 5.10. The van der Waals surface area contributed by atoms with Gasteiger partial charge in [0.1, 0.15) is 0 Å². The molecule has 0 bridgehead atoms. The van der Waals surface area contributed by atoms with Crippen LogP contribution in [0.25, 0.3) is 0 Å². The van der Waals surface area contributed by atoms with Crippen molar-refractivity contribution in [3.8, 4) is 0 Å². The van der Waals surface area contributed by atoms with Crippen LogP contribution in [0.4, 0.5) is 0 Å². The molecule has 1 N–H and O–H groups in total. The van der Waals surface area contributed by atoms with Crippen LogP contribution in [0, 0.1) is 0 Å². The van der Waals surface area contributed by atoms with Gasteiger partial charge in [0.15, 0.2) is 9.84 Å². The van der Waals surface area contributed by atoms with E-state index in [1.165, 1.54) is 7.11 Å². The van der Waals surface area contributed by atoms with Gasteiger partial charge < -0.3 is 9.84 Å². The zero-order valence-electron chi connectivity index (χ0n) is 11.8. The lowest BCUT2D eigenvalue weighted by atomic mass is 10.1. The van der Waals surface area contributed by atoms with E-state index in [1.807, 2.05) is 0 Å². The predicted molar refractivity (Wildman–Crippen MR) is 81.2 cm³/mol. The molecule has 1 rings (SSSR count). The SMILES string of the molecule is COC(C)(C)CCS(=O)(=O)c1cc(Cl)cc(C(=O)O)c1Cl. The smallest absolute Gasteiger partial charge is 0.337 e. The van der Waals surface area contributed by atoms with Crippen molar-refractivity contribution in [2.45, 2.75) is 30.8 Å². The molecule has 0 aliphatic rings. The molecular formula is C13H16Cl2O5S. The Morgan fingerprint density at radius 3 is 2.38 bits per heavy atom. The van der Waals surface area contributed by atoms with Gasteiger partial charge in [0.25, 0.3) is 0 Å². The molecule has 118 valence electrons. The number of hydrogen-bond donors (Lipinski definition) is 1. The van der Waals surface area contributed by atoms with Crippen molar-refractivity contribution >= 4 is 39.0 Å². The van der Waals surface area contributed by atoms with E-state index in [0.717, 1.165) is 12.1 Å². The molecule has 1 aromatic rings. The number of halogens is 2. The van der Waals surface area contributed by atoms with Crippen molar-refractivity contribution in [3.63, 3.8) is 0 Å². The van der Waals surface area contributed by atoms with E-state index in [-0.39, 0.29) is 32.7 Å². The molecule has 0 aromatic heterocycles. The number of carboxylic acid groups (broad SMARTS) is 1. The maximum atomic E-state index is 12.4. The van der Waals surface area contributed by atoms with Crippen LogP contribution in [0.1, 0.15) is 30.6 Å². The molecule has 0 unspecified atom stereocenters. The molecule has 0 heterocycles. The van der Waals surface area contributed by atoms with Crippen LogP contribution in [0.3, 0.4) is 0 Å². The third-order valence-corrected chi connectivity index (χ3v) is 5.57. The maximum absolute atomic E-state index is 12.4. The number of benzene rings is 1. The first-order chi connectivity index (χ1) is 9.50. The molecule has 8 heteroatoms. The second-order valence-corrected chi connectivity index (χ2v) is 8.00. The van der Waals surface area contributed by atoms with E-state index in [9.17, 15) is 13.2 Å². The Hall–Kier alpha value is -0.820. The summed E-state index contributed by atoms with van der Waals surface area (Å²) in [5, 5.41) is 8.69.